The van der Waals surface area contributed by atoms with Crippen molar-refractivity contribution in [3.63, 3.8) is 0 Å². The molecule has 0 spiro atoms. The Bertz CT molecular complexity index is 512. The number of carbonyl (C=O) groups excluding carboxylic acids is 1. The number of carbonyl (C=O) groups is 2. The lowest BCUT2D eigenvalue weighted by Gasteiger charge is -1.92. The first-order chi connectivity index (χ1) is 7.20. The molecule has 2 aromatic rings. The van der Waals surface area contributed by atoms with Gasteiger partial charge in [0.25, 0.3) is 0 Å². The summed E-state index contributed by atoms with van der Waals surface area (Å²) in [5.41, 5.74) is 0.0547. The van der Waals surface area contributed by atoms with Gasteiger partial charge in [-0.05, 0) is 6.07 Å². The van der Waals surface area contributed by atoms with E-state index >= 15 is 0 Å². The Morgan fingerprint density at radius 1 is 1.53 bits per heavy atom. The first kappa shape index (κ1) is 9.20. The number of rotatable bonds is 3. The highest BCUT2D eigenvalue weighted by molar-refractivity contribution is 5.86. The zero-order valence-corrected chi connectivity index (χ0v) is 7.45. The third-order valence-corrected chi connectivity index (χ3v) is 1.78. The number of nitrogens with zero attached hydrogens (tertiary/aromatic N) is 2. The van der Waals surface area contributed by atoms with Gasteiger partial charge in [-0.1, -0.05) is 0 Å². The smallest absolute Gasteiger partial charge is 0.338 e. The van der Waals surface area contributed by atoms with Crippen LogP contribution in [0.2, 0.25) is 0 Å². The van der Waals surface area contributed by atoms with Gasteiger partial charge in [0.05, 0.1) is 11.8 Å². The first-order valence-corrected chi connectivity index (χ1v) is 4.04. The molecule has 6 nitrogen and oxygen atoms in total. The van der Waals surface area contributed by atoms with Crippen LogP contribution < -0.4 is 0 Å². The van der Waals surface area contributed by atoms with Crippen LogP contribution in [0.3, 0.4) is 0 Å². The normalized spacial score (nSPS) is 10.1. The van der Waals surface area contributed by atoms with Crippen molar-refractivity contribution >= 4 is 12.3 Å². The summed E-state index contributed by atoms with van der Waals surface area (Å²) in [5.74, 6) is -0.606. The zero-order valence-electron chi connectivity index (χ0n) is 7.45. The number of aromatic carboxylic acids is 1. The van der Waals surface area contributed by atoms with E-state index in [1.807, 2.05) is 0 Å². The summed E-state index contributed by atoms with van der Waals surface area (Å²) in [5, 5.41) is 12.4. The van der Waals surface area contributed by atoms with Gasteiger partial charge >= 0.3 is 5.97 Å². The number of carboxylic acid groups (broad SMARTS) is 1. The van der Waals surface area contributed by atoms with Crippen molar-refractivity contribution in [3.05, 3.63) is 35.9 Å². The molecule has 0 atom stereocenters. The van der Waals surface area contributed by atoms with Gasteiger partial charge in [0, 0.05) is 12.3 Å². The number of furan rings is 1. The molecule has 0 amide bonds. The molecule has 0 bridgehead atoms. The maximum absolute atomic E-state index is 10.6. The fourth-order valence-corrected chi connectivity index (χ4v) is 1.08. The minimum absolute atomic E-state index is 0.0547. The monoisotopic (exact) mass is 206 g/mol. The van der Waals surface area contributed by atoms with Crippen LogP contribution in [0.1, 0.15) is 20.9 Å². The number of aldehydes is 1. The summed E-state index contributed by atoms with van der Waals surface area (Å²) in [6.45, 7) is 0. The Balaban J connectivity index is 2.36. The fourth-order valence-electron chi connectivity index (χ4n) is 1.08. The molecule has 76 valence electrons. The van der Waals surface area contributed by atoms with Crippen LogP contribution in [0.4, 0.5) is 0 Å². The van der Waals surface area contributed by atoms with E-state index in [4.69, 9.17) is 9.52 Å². The molecule has 1 N–H and O–H groups in total. The van der Waals surface area contributed by atoms with E-state index in [0.717, 1.165) is 0 Å². The van der Waals surface area contributed by atoms with E-state index in [1.54, 1.807) is 0 Å². The highest BCUT2D eigenvalue weighted by atomic mass is 16.4. The minimum atomic E-state index is -1.07. The van der Waals surface area contributed by atoms with Gasteiger partial charge in [-0.15, -0.1) is 0 Å². The van der Waals surface area contributed by atoms with Gasteiger partial charge < -0.3 is 9.52 Å². The number of hydrogen-bond acceptors (Lipinski definition) is 4. The second kappa shape index (κ2) is 3.41. The van der Waals surface area contributed by atoms with E-state index in [2.05, 4.69) is 5.10 Å². The highest BCUT2D eigenvalue weighted by Crippen LogP contribution is 2.11. The summed E-state index contributed by atoms with van der Waals surface area (Å²) in [4.78, 5) is 20.9. The predicted molar refractivity (Wildman–Crippen MR) is 48.2 cm³/mol. The molecule has 0 saturated carbocycles. The van der Waals surface area contributed by atoms with Gasteiger partial charge in [-0.2, -0.15) is 5.10 Å². The Kier molecular flexibility index (Phi) is 2.09. The molecule has 0 saturated heterocycles. The summed E-state index contributed by atoms with van der Waals surface area (Å²) in [6.07, 6.45) is 3.06. The number of hydrogen-bond donors (Lipinski definition) is 1. The largest absolute Gasteiger partial charge is 0.478 e. The van der Waals surface area contributed by atoms with Crippen LogP contribution in [0.25, 0.3) is 5.88 Å². The Morgan fingerprint density at radius 3 is 2.87 bits per heavy atom. The average Bonchev–Trinajstić information content (AvgIpc) is 2.86. The van der Waals surface area contributed by atoms with Crippen LogP contribution in [0.5, 0.6) is 0 Å². The first-order valence-electron chi connectivity index (χ1n) is 4.04. The third kappa shape index (κ3) is 1.64. The Hall–Kier alpha value is -2.37. The Morgan fingerprint density at radius 2 is 2.33 bits per heavy atom. The molecule has 0 fully saturated rings. The number of carboxylic acids is 1. The predicted octanol–water partition coefficient (Wildman–Crippen LogP) is 0.976. The van der Waals surface area contributed by atoms with Crippen molar-refractivity contribution in [2.45, 2.75) is 0 Å². The molecule has 0 aliphatic heterocycles. The molecule has 0 unspecified atom stereocenters. The van der Waals surface area contributed by atoms with E-state index in [1.165, 1.54) is 29.2 Å². The molecule has 2 heterocycles. The van der Waals surface area contributed by atoms with Crippen molar-refractivity contribution in [2.75, 3.05) is 0 Å². The Labute approximate surface area is 83.7 Å². The molecular formula is C9H6N2O4. The van der Waals surface area contributed by atoms with Crippen molar-refractivity contribution in [1.82, 2.24) is 9.78 Å². The SMILES string of the molecule is O=Cc1ccc(-n2cc(C(=O)O)cn2)o1. The maximum Gasteiger partial charge on any atom is 0.338 e. The summed E-state index contributed by atoms with van der Waals surface area (Å²) < 4.78 is 6.30. The lowest BCUT2D eigenvalue weighted by molar-refractivity contribution is 0.0696. The standard InChI is InChI=1S/C9H6N2O4/c12-5-7-1-2-8(15-7)11-4-6(3-10-11)9(13)14/h1-5H,(H,13,14). The van der Waals surface area contributed by atoms with Crippen LogP contribution in [-0.2, 0) is 0 Å². The van der Waals surface area contributed by atoms with Crippen molar-refractivity contribution in [1.29, 1.82) is 0 Å². The molecule has 15 heavy (non-hydrogen) atoms. The lowest BCUT2D eigenvalue weighted by Crippen LogP contribution is -1.94. The molecule has 0 aliphatic rings. The zero-order chi connectivity index (χ0) is 10.8. The van der Waals surface area contributed by atoms with Crippen LogP contribution >= 0.6 is 0 Å². The molecular weight excluding hydrogens is 200 g/mol. The second-order valence-corrected chi connectivity index (χ2v) is 2.77. The molecule has 6 heteroatoms. The van der Waals surface area contributed by atoms with Crippen molar-refractivity contribution in [2.24, 2.45) is 0 Å². The summed E-state index contributed by atoms with van der Waals surface area (Å²) in [7, 11) is 0. The number of aromatic nitrogens is 2. The van der Waals surface area contributed by atoms with Gasteiger partial charge in [0.1, 0.15) is 0 Å². The van der Waals surface area contributed by atoms with Crippen LogP contribution in [0.15, 0.2) is 28.9 Å². The van der Waals surface area contributed by atoms with Crippen LogP contribution in [0, 0.1) is 0 Å². The molecule has 0 aliphatic carbocycles. The maximum atomic E-state index is 10.6. The van der Waals surface area contributed by atoms with Gasteiger partial charge in [-0.25, -0.2) is 9.48 Å². The quantitative estimate of drug-likeness (QED) is 0.756. The van der Waals surface area contributed by atoms with E-state index in [0.29, 0.717) is 12.2 Å². The molecule has 0 radical (unpaired) electrons. The summed E-state index contributed by atoms with van der Waals surface area (Å²) >= 11 is 0. The van der Waals surface area contributed by atoms with Crippen molar-refractivity contribution < 1.29 is 19.1 Å². The van der Waals surface area contributed by atoms with E-state index < -0.39 is 5.97 Å². The summed E-state index contributed by atoms with van der Waals surface area (Å²) in [6, 6.07) is 3.01. The molecule has 2 aromatic heterocycles. The molecule has 2 rings (SSSR count). The van der Waals surface area contributed by atoms with Gasteiger partial charge in [0.2, 0.25) is 5.88 Å². The van der Waals surface area contributed by atoms with Gasteiger partial charge in [0.15, 0.2) is 12.0 Å². The molecule has 0 aromatic carbocycles. The van der Waals surface area contributed by atoms with Crippen LogP contribution in [-0.4, -0.2) is 27.1 Å². The van der Waals surface area contributed by atoms with E-state index in [-0.39, 0.29) is 11.3 Å². The second-order valence-electron chi connectivity index (χ2n) is 2.77. The fraction of sp³-hybridized carbons (Fsp3) is 0. The van der Waals surface area contributed by atoms with E-state index in [9.17, 15) is 9.59 Å². The highest BCUT2D eigenvalue weighted by Gasteiger charge is 2.09. The third-order valence-electron chi connectivity index (χ3n) is 1.78. The minimum Gasteiger partial charge on any atom is -0.478 e. The average molecular weight is 206 g/mol. The lowest BCUT2D eigenvalue weighted by atomic mass is 10.4. The topological polar surface area (TPSA) is 85.3 Å². The van der Waals surface area contributed by atoms with Crippen molar-refractivity contribution in [3.8, 4) is 5.88 Å². The van der Waals surface area contributed by atoms with Gasteiger partial charge in [-0.3, -0.25) is 4.79 Å².